The van der Waals surface area contributed by atoms with Crippen LogP contribution in [0.4, 0.5) is 0 Å². The van der Waals surface area contributed by atoms with E-state index in [9.17, 15) is 5.11 Å². The minimum atomic E-state index is 0. The van der Waals surface area contributed by atoms with Crippen molar-refractivity contribution in [1.82, 2.24) is 5.32 Å². The standard InChI is InChI=1S/C16H19NO.ClH/c1-13(11-14-7-3-2-4-8-14)17-12-15-9-5-6-10-16(15)18;/h2-10,13,17-18H,11-12H2,1H3;1H/p-1. The van der Waals surface area contributed by atoms with Gasteiger partial charge in [-0.25, -0.2) is 0 Å². The molecule has 2 N–H and O–H groups in total. The summed E-state index contributed by atoms with van der Waals surface area (Å²) in [7, 11) is 0. The van der Waals surface area contributed by atoms with Gasteiger partial charge in [-0.05, 0) is 25.0 Å². The van der Waals surface area contributed by atoms with E-state index in [1.54, 1.807) is 6.07 Å². The predicted molar refractivity (Wildman–Crippen MR) is 74.6 cm³/mol. The van der Waals surface area contributed by atoms with E-state index in [0.717, 1.165) is 12.0 Å². The lowest BCUT2D eigenvalue weighted by atomic mass is 10.1. The van der Waals surface area contributed by atoms with Gasteiger partial charge in [0.1, 0.15) is 5.75 Å². The number of benzene rings is 2. The van der Waals surface area contributed by atoms with E-state index in [-0.39, 0.29) is 12.4 Å². The van der Waals surface area contributed by atoms with Crippen LogP contribution >= 0.6 is 0 Å². The maximum atomic E-state index is 9.67. The number of aromatic hydroxyl groups is 1. The quantitative estimate of drug-likeness (QED) is 0.813. The molecule has 0 saturated carbocycles. The number of phenolic OH excluding ortho intramolecular Hbond substituents is 1. The monoisotopic (exact) mass is 276 g/mol. The Morgan fingerprint density at radius 2 is 1.63 bits per heavy atom. The molecule has 0 spiro atoms. The third-order valence-corrected chi connectivity index (χ3v) is 3.02. The molecular formula is C16H19ClNO-. The maximum absolute atomic E-state index is 9.67. The number of nitrogens with one attached hydrogen (secondary N) is 1. The van der Waals surface area contributed by atoms with Crippen LogP contribution in [0.15, 0.2) is 54.6 Å². The normalized spacial score (nSPS) is 11.6. The van der Waals surface area contributed by atoms with Crippen molar-refractivity contribution in [2.45, 2.75) is 25.9 Å². The van der Waals surface area contributed by atoms with Gasteiger partial charge < -0.3 is 22.8 Å². The summed E-state index contributed by atoms with van der Waals surface area (Å²) in [6.45, 7) is 2.85. The minimum absolute atomic E-state index is 0. The van der Waals surface area contributed by atoms with Gasteiger partial charge in [-0.15, -0.1) is 0 Å². The van der Waals surface area contributed by atoms with Crippen LogP contribution < -0.4 is 17.7 Å². The number of phenols is 1. The molecule has 0 heterocycles. The van der Waals surface area contributed by atoms with E-state index >= 15 is 0 Å². The first-order valence-corrected chi connectivity index (χ1v) is 6.30. The zero-order chi connectivity index (χ0) is 12.8. The molecular weight excluding hydrogens is 258 g/mol. The fourth-order valence-corrected chi connectivity index (χ4v) is 1.98. The Labute approximate surface area is 120 Å². The number of hydrogen-bond donors (Lipinski definition) is 2. The van der Waals surface area contributed by atoms with E-state index < -0.39 is 0 Å². The molecule has 2 nitrogen and oxygen atoms in total. The number of halogens is 1. The third kappa shape index (κ3) is 4.93. The molecule has 0 radical (unpaired) electrons. The Bertz CT molecular complexity index is 487. The Kier molecular flexibility index (Phi) is 6.40. The summed E-state index contributed by atoms with van der Waals surface area (Å²) in [5.41, 5.74) is 2.27. The maximum Gasteiger partial charge on any atom is 0.120 e. The molecule has 102 valence electrons. The highest BCUT2D eigenvalue weighted by molar-refractivity contribution is 5.31. The third-order valence-electron chi connectivity index (χ3n) is 3.02. The molecule has 1 atom stereocenters. The van der Waals surface area contributed by atoms with Gasteiger partial charge in [0.05, 0.1) is 0 Å². The molecule has 0 aromatic heterocycles. The minimum Gasteiger partial charge on any atom is -1.00 e. The molecule has 2 rings (SSSR count). The van der Waals surface area contributed by atoms with E-state index in [0.29, 0.717) is 18.3 Å². The number of hydrogen-bond acceptors (Lipinski definition) is 2. The molecule has 0 aliphatic heterocycles. The van der Waals surface area contributed by atoms with Gasteiger partial charge in [-0.3, -0.25) is 0 Å². The van der Waals surface area contributed by atoms with Gasteiger partial charge in [-0.2, -0.15) is 0 Å². The summed E-state index contributed by atoms with van der Waals surface area (Å²) in [4.78, 5) is 0. The molecule has 19 heavy (non-hydrogen) atoms. The lowest BCUT2D eigenvalue weighted by molar-refractivity contribution is -0.00000486. The van der Waals surface area contributed by atoms with E-state index in [1.165, 1.54) is 5.56 Å². The fourth-order valence-electron chi connectivity index (χ4n) is 1.98. The molecule has 3 heteroatoms. The molecule has 0 saturated heterocycles. The van der Waals surface area contributed by atoms with Crippen molar-refractivity contribution in [2.75, 3.05) is 0 Å². The smallest absolute Gasteiger partial charge is 0.120 e. The van der Waals surface area contributed by atoms with Crippen LogP contribution in [0.1, 0.15) is 18.1 Å². The van der Waals surface area contributed by atoms with Crippen molar-refractivity contribution in [3.63, 3.8) is 0 Å². The molecule has 0 bridgehead atoms. The van der Waals surface area contributed by atoms with Crippen LogP contribution in [0, 0.1) is 0 Å². The fraction of sp³-hybridized carbons (Fsp3) is 0.250. The van der Waals surface area contributed by atoms with Crippen LogP contribution in [0.3, 0.4) is 0 Å². The average Bonchev–Trinajstić information content (AvgIpc) is 2.39. The van der Waals surface area contributed by atoms with Crippen molar-refractivity contribution in [3.8, 4) is 5.75 Å². The first kappa shape index (κ1) is 15.5. The molecule has 1 unspecified atom stereocenters. The second kappa shape index (κ2) is 7.82. The lowest BCUT2D eigenvalue weighted by Crippen LogP contribution is -3.00. The van der Waals surface area contributed by atoms with Gasteiger partial charge in [0, 0.05) is 18.2 Å². The van der Waals surface area contributed by atoms with Crippen molar-refractivity contribution >= 4 is 0 Å². The molecule has 0 fully saturated rings. The van der Waals surface area contributed by atoms with Crippen molar-refractivity contribution in [2.24, 2.45) is 0 Å². The van der Waals surface area contributed by atoms with E-state index in [4.69, 9.17) is 0 Å². The summed E-state index contributed by atoms with van der Waals surface area (Å²) >= 11 is 0. The van der Waals surface area contributed by atoms with Crippen LogP contribution in [0.5, 0.6) is 5.75 Å². The summed E-state index contributed by atoms with van der Waals surface area (Å²) in [6, 6.07) is 18.3. The molecule has 0 aliphatic carbocycles. The zero-order valence-electron chi connectivity index (χ0n) is 11.0. The van der Waals surface area contributed by atoms with Crippen LogP contribution in [0.25, 0.3) is 0 Å². The van der Waals surface area contributed by atoms with Gasteiger partial charge in [0.25, 0.3) is 0 Å². The number of rotatable bonds is 5. The summed E-state index contributed by atoms with van der Waals surface area (Å²) in [5, 5.41) is 13.1. The van der Waals surface area contributed by atoms with Gasteiger partial charge in [-0.1, -0.05) is 48.5 Å². The van der Waals surface area contributed by atoms with E-state index in [1.807, 2.05) is 24.3 Å². The molecule has 2 aromatic carbocycles. The summed E-state index contributed by atoms with van der Waals surface area (Å²) in [6.07, 6.45) is 0.994. The highest BCUT2D eigenvalue weighted by Gasteiger charge is 2.04. The average molecular weight is 277 g/mol. The highest BCUT2D eigenvalue weighted by Crippen LogP contribution is 2.15. The molecule has 0 aliphatic rings. The lowest BCUT2D eigenvalue weighted by Gasteiger charge is -2.14. The summed E-state index contributed by atoms with van der Waals surface area (Å²) < 4.78 is 0. The van der Waals surface area contributed by atoms with Crippen LogP contribution in [-0.2, 0) is 13.0 Å². The van der Waals surface area contributed by atoms with Crippen molar-refractivity contribution in [3.05, 3.63) is 65.7 Å². The van der Waals surface area contributed by atoms with Crippen LogP contribution in [-0.4, -0.2) is 11.1 Å². The second-order valence-electron chi connectivity index (χ2n) is 4.60. The van der Waals surface area contributed by atoms with Gasteiger partial charge >= 0.3 is 0 Å². The Balaban J connectivity index is 0.00000180. The van der Waals surface area contributed by atoms with Crippen molar-refractivity contribution in [1.29, 1.82) is 0 Å². The zero-order valence-corrected chi connectivity index (χ0v) is 11.8. The topological polar surface area (TPSA) is 32.3 Å². The van der Waals surface area contributed by atoms with Crippen LogP contribution in [0.2, 0.25) is 0 Å². The highest BCUT2D eigenvalue weighted by atomic mass is 35.5. The second-order valence-corrected chi connectivity index (χ2v) is 4.60. The van der Waals surface area contributed by atoms with Gasteiger partial charge in [0.2, 0.25) is 0 Å². The van der Waals surface area contributed by atoms with Crippen molar-refractivity contribution < 1.29 is 17.5 Å². The first-order chi connectivity index (χ1) is 8.75. The SMILES string of the molecule is CC(Cc1ccccc1)NCc1ccccc1O.[Cl-]. The molecule has 0 amide bonds. The first-order valence-electron chi connectivity index (χ1n) is 6.30. The van der Waals surface area contributed by atoms with Gasteiger partial charge in [0.15, 0.2) is 0 Å². The Morgan fingerprint density at radius 1 is 1.00 bits per heavy atom. The summed E-state index contributed by atoms with van der Waals surface area (Å²) in [5.74, 6) is 0.358. The number of para-hydroxylation sites is 1. The van der Waals surface area contributed by atoms with E-state index in [2.05, 4.69) is 36.5 Å². The molecule has 2 aromatic rings. The Hall–Kier alpha value is -1.51. The largest absolute Gasteiger partial charge is 1.00 e. The predicted octanol–water partition coefficient (Wildman–Crippen LogP) is 0.117. The Morgan fingerprint density at radius 3 is 2.32 bits per heavy atom.